The van der Waals surface area contributed by atoms with E-state index in [-0.39, 0.29) is 17.1 Å². The molecular weight excluding hydrogens is 505 g/mol. The van der Waals surface area contributed by atoms with Gasteiger partial charge in [-0.05, 0) is 60.2 Å². The first kappa shape index (κ1) is 26.1. The second-order valence-electron chi connectivity index (χ2n) is 7.77. The molecule has 11 heteroatoms. The van der Waals surface area contributed by atoms with Crippen molar-refractivity contribution in [2.75, 3.05) is 24.9 Å². The number of methoxy groups -OCH3 is 2. The third-order valence-corrected chi connectivity index (χ3v) is 5.23. The molecule has 0 saturated carbocycles. The van der Waals surface area contributed by atoms with E-state index in [1.807, 2.05) is 0 Å². The number of alkyl halides is 3. The van der Waals surface area contributed by atoms with Crippen LogP contribution in [0.15, 0.2) is 77.2 Å². The standard InChI is InChI=1S/C27H21F3N2O6/c1-35-21-13-7-16(15-22(21)36-2)8-14-23(33)32-24-19-5-3-4-6-20(19)37-25(24)26(34)31-17-9-11-18(12-10-17)38-27(28,29)30/h3-15H,1-2H3,(H,31,34)(H,32,33). The Morgan fingerprint density at radius 3 is 2.29 bits per heavy atom. The zero-order valence-corrected chi connectivity index (χ0v) is 20.1. The van der Waals surface area contributed by atoms with Gasteiger partial charge in [-0.3, -0.25) is 9.59 Å². The highest BCUT2D eigenvalue weighted by molar-refractivity contribution is 6.16. The van der Waals surface area contributed by atoms with Crippen molar-refractivity contribution in [2.45, 2.75) is 6.36 Å². The SMILES string of the molecule is COc1ccc(C=CC(=O)Nc2c(C(=O)Nc3ccc(OC(F)(F)F)cc3)oc3ccccc23)cc1OC. The maximum absolute atomic E-state index is 13.0. The average molecular weight is 526 g/mol. The number of rotatable bonds is 8. The first-order chi connectivity index (χ1) is 18.2. The Kier molecular flexibility index (Phi) is 7.56. The van der Waals surface area contributed by atoms with Gasteiger partial charge in [0.15, 0.2) is 11.5 Å². The van der Waals surface area contributed by atoms with Crippen molar-refractivity contribution in [3.05, 3.63) is 84.1 Å². The van der Waals surface area contributed by atoms with Gasteiger partial charge in [-0.15, -0.1) is 13.2 Å². The number of anilines is 2. The number of halogens is 3. The molecule has 3 aromatic carbocycles. The van der Waals surface area contributed by atoms with Crippen LogP contribution in [0.4, 0.5) is 24.5 Å². The average Bonchev–Trinajstić information content (AvgIpc) is 3.26. The maximum atomic E-state index is 13.0. The van der Waals surface area contributed by atoms with Crippen molar-refractivity contribution in [3.8, 4) is 17.2 Å². The minimum atomic E-state index is -4.83. The first-order valence-electron chi connectivity index (χ1n) is 11.1. The molecule has 4 aromatic rings. The number of carbonyl (C=O) groups is 2. The highest BCUT2D eigenvalue weighted by Crippen LogP contribution is 2.32. The number of nitrogens with one attached hydrogen (secondary N) is 2. The topological polar surface area (TPSA) is 99.0 Å². The van der Waals surface area contributed by atoms with Crippen molar-refractivity contribution in [1.29, 1.82) is 0 Å². The molecule has 1 heterocycles. The molecule has 0 bridgehead atoms. The summed E-state index contributed by atoms with van der Waals surface area (Å²) in [6, 6.07) is 16.5. The number of furan rings is 1. The van der Waals surface area contributed by atoms with Gasteiger partial charge in [0.1, 0.15) is 17.0 Å². The molecular formula is C27H21F3N2O6. The zero-order chi connectivity index (χ0) is 27.3. The number of ether oxygens (including phenoxy) is 3. The quantitative estimate of drug-likeness (QED) is 0.263. The van der Waals surface area contributed by atoms with Crippen LogP contribution in [0.3, 0.4) is 0 Å². The Bertz CT molecular complexity index is 1490. The Morgan fingerprint density at radius 2 is 1.61 bits per heavy atom. The Labute approximate surface area is 214 Å². The third kappa shape index (κ3) is 6.25. The Hall–Kier alpha value is -4.93. The van der Waals surface area contributed by atoms with Crippen LogP contribution in [0.25, 0.3) is 17.0 Å². The van der Waals surface area contributed by atoms with Gasteiger partial charge in [0.25, 0.3) is 5.91 Å². The van der Waals surface area contributed by atoms with Gasteiger partial charge < -0.3 is 29.3 Å². The van der Waals surface area contributed by atoms with E-state index in [1.54, 1.807) is 48.5 Å². The second kappa shape index (κ2) is 11.0. The largest absolute Gasteiger partial charge is 0.573 e. The number of para-hydroxylation sites is 1. The summed E-state index contributed by atoms with van der Waals surface area (Å²) in [6.07, 6.45) is -1.99. The fraction of sp³-hybridized carbons (Fsp3) is 0.111. The summed E-state index contributed by atoms with van der Waals surface area (Å²) in [6.45, 7) is 0. The Balaban J connectivity index is 1.54. The van der Waals surface area contributed by atoms with E-state index in [0.717, 1.165) is 12.1 Å². The molecule has 0 aliphatic heterocycles. The molecule has 8 nitrogen and oxygen atoms in total. The number of amides is 2. The molecule has 1 aromatic heterocycles. The van der Waals surface area contributed by atoms with E-state index in [9.17, 15) is 22.8 Å². The van der Waals surface area contributed by atoms with Crippen molar-refractivity contribution < 1.29 is 41.4 Å². The van der Waals surface area contributed by atoms with Crippen LogP contribution in [0, 0.1) is 0 Å². The molecule has 0 unspecified atom stereocenters. The van der Waals surface area contributed by atoms with Crippen molar-refractivity contribution in [2.24, 2.45) is 0 Å². The monoisotopic (exact) mass is 526 g/mol. The zero-order valence-electron chi connectivity index (χ0n) is 20.1. The van der Waals surface area contributed by atoms with Crippen LogP contribution in [0.5, 0.6) is 17.2 Å². The van der Waals surface area contributed by atoms with Crippen molar-refractivity contribution >= 4 is 40.2 Å². The molecule has 0 fully saturated rings. The molecule has 0 saturated heterocycles. The minimum Gasteiger partial charge on any atom is -0.493 e. The predicted octanol–water partition coefficient (Wildman–Crippen LogP) is 6.25. The lowest BCUT2D eigenvalue weighted by atomic mass is 10.1. The molecule has 4 rings (SSSR count). The Morgan fingerprint density at radius 1 is 0.895 bits per heavy atom. The lowest BCUT2D eigenvalue weighted by molar-refractivity contribution is -0.274. The summed E-state index contributed by atoms with van der Waals surface area (Å²) in [4.78, 5) is 25.8. The highest BCUT2D eigenvalue weighted by Gasteiger charge is 2.31. The molecule has 196 valence electrons. The molecule has 0 aliphatic carbocycles. The number of benzene rings is 3. The lowest BCUT2D eigenvalue weighted by Crippen LogP contribution is -2.17. The van der Waals surface area contributed by atoms with Crippen molar-refractivity contribution in [3.63, 3.8) is 0 Å². The van der Waals surface area contributed by atoms with Gasteiger partial charge in [0.05, 0.1) is 14.2 Å². The normalized spacial score (nSPS) is 11.4. The number of hydrogen-bond acceptors (Lipinski definition) is 6. The van der Waals surface area contributed by atoms with Crippen molar-refractivity contribution in [1.82, 2.24) is 0 Å². The van der Waals surface area contributed by atoms with E-state index in [4.69, 9.17) is 13.9 Å². The summed E-state index contributed by atoms with van der Waals surface area (Å²) in [5.41, 5.74) is 1.35. The van der Waals surface area contributed by atoms with Gasteiger partial charge >= 0.3 is 6.36 Å². The second-order valence-corrected chi connectivity index (χ2v) is 7.77. The summed E-state index contributed by atoms with van der Waals surface area (Å²) in [5.74, 6) is -0.841. The fourth-order valence-corrected chi connectivity index (χ4v) is 3.55. The lowest BCUT2D eigenvalue weighted by Gasteiger charge is -2.10. The van der Waals surface area contributed by atoms with Crippen LogP contribution < -0.4 is 24.8 Å². The van der Waals surface area contributed by atoms with Crippen LogP contribution >= 0.6 is 0 Å². The number of carbonyl (C=O) groups excluding carboxylic acids is 2. The molecule has 2 amide bonds. The summed E-state index contributed by atoms with van der Waals surface area (Å²) >= 11 is 0. The van der Waals surface area contributed by atoms with Gasteiger partial charge in [-0.2, -0.15) is 0 Å². The molecule has 38 heavy (non-hydrogen) atoms. The summed E-state index contributed by atoms with van der Waals surface area (Å²) in [7, 11) is 3.01. The third-order valence-electron chi connectivity index (χ3n) is 5.23. The predicted molar refractivity (Wildman–Crippen MR) is 135 cm³/mol. The maximum Gasteiger partial charge on any atom is 0.573 e. The van der Waals surface area contributed by atoms with Gasteiger partial charge in [0.2, 0.25) is 11.7 Å². The van der Waals surface area contributed by atoms with E-state index < -0.39 is 23.9 Å². The molecule has 0 radical (unpaired) electrons. The van der Waals surface area contributed by atoms with Gasteiger partial charge in [0, 0.05) is 17.1 Å². The molecule has 0 atom stereocenters. The number of hydrogen-bond donors (Lipinski definition) is 2. The fourth-order valence-electron chi connectivity index (χ4n) is 3.55. The van der Waals surface area contributed by atoms with Gasteiger partial charge in [-0.1, -0.05) is 18.2 Å². The van der Waals surface area contributed by atoms with E-state index in [0.29, 0.717) is 28.0 Å². The highest BCUT2D eigenvalue weighted by atomic mass is 19.4. The van der Waals surface area contributed by atoms with E-state index >= 15 is 0 Å². The van der Waals surface area contributed by atoms with Gasteiger partial charge in [-0.25, -0.2) is 0 Å². The number of fused-ring (bicyclic) bond motifs is 1. The minimum absolute atomic E-state index is 0.136. The van der Waals surface area contributed by atoms with E-state index in [1.165, 1.54) is 32.4 Å². The van der Waals surface area contributed by atoms with Crippen LogP contribution in [0.1, 0.15) is 16.1 Å². The summed E-state index contributed by atoms with van der Waals surface area (Å²) in [5, 5.41) is 5.70. The first-order valence-corrected chi connectivity index (χ1v) is 11.1. The van der Waals surface area contributed by atoms with Crippen LogP contribution in [-0.4, -0.2) is 32.4 Å². The van der Waals surface area contributed by atoms with Crippen LogP contribution in [0.2, 0.25) is 0 Å². The van der Waals surface area contributed by atoms with Crippen LogP contribution in [-0.2, 0) is 4.79 Å². The molecule has 0 spiro atoms. The molecule has 2 N–H and O–H groups in total. The van der Waals surface area contributed by atoms with E-state index in [2.05, 4.69) is 15.4 Å². The smallest absolute Gasteiger partial charge is 0.493 e. The molecule has 0 aliphatic rings. The summed E-state index contributed by atoms with van der Waals surface area (Å²) < 4.78 is 57.1.